The molecule has 0 atom stereocenters. The number of nitrogens with zero attached hydrogens (tertiary/aromatic N) is 3. The van der Waals surface area contributed by atoms with E-state index in [1.807, 2.05) is 4.57 Å². The van der Waals surface area contributed by atoms with Crippen molar-refractivity contribution in [2.75, 3.05) is 11.9 Å². The van der Waals surface area contributed by atoms with Gasteiger partial charge in [-0.2, -0.15) is 0 Å². The van der Waals surface area contributed by atoms with E-state index in [4.69, 9.17) is 17.2 Å². The first-order valence-corrected chi connectivity index (χ1v) is 7.39. The van der Waals surface area contributed by atoms with Crippen molar-refractivity contribution in [1.82, 2.24) is 19.5 Å². The Bertz CT molecular complexity index is 653. The monoisotopic (exact) mass is 277 g/mol. The third-order valence-electron chi connectivity index (χ3n) is 3.39. The summed E-state index contributed by atoms with van der Waals surface area (Å²) in [5.74, 6) is 2.51. The van der Waals surface area contributed by atoms with Gasteiger partial charge in [-0.3, -0.25) is 4.57 Å². The van der Waals surface area contributed by atoms with Crippen LogP contribution >= 0.6 is 12.2 Å². The zero-order chi connectivity index (χ0) is 13.4. The molecule has 0 radical (unpaired) electrons. The number of anilines is 1. The topological polar surface area (TPSA) is 58.5 Å². The number of aryl methyl sites for hydroxylation is 1. The van der Waals surface area contributed by atoms with Crippen LogP contribution in [0.3, 0.4) is 0 Å². The second-order valence-electron chi connectivity index (χ2n) is 5.02. The van der Waals surface area contributed by atoms with Crippen LogP contribution < -0.4 is 5.32 Å². The molecule has 1 aliphatic rings. The lowest BCUT2D eigenvalue weighted by Gasteiger charge is -2.09. The smallest absolute Gasteiger partial charge is 0.203 e. The lowest BCUT2D eigenvalue weighted by molar-refractivity contribution is 0.670. The molecular formula is C13H19N5S. The highest BCUT2D eigenvalue weighted by Gasteiger charge is 2.28. The highest BCUT2D eigenvalue weighted by atomic mass is 32.1. The van der Waals surface area contributed by atoms with Gasteiger partial charge in [0.15, 0.2) is 11.5 Å². The Hall–Kier alpha value is -1.43. The molecule has 1 aliphatic carbocycles. The number of hydrogen-bond acceptors (Lipinski definition) is 4. The van der Waals surface area contributed by atoms with E-state index in [2.05, 4.69) is 29.1 Å². The van der Waals surface area contributed by atoms with Gasteiger partial charge in [-0.25, -0.2) is 9.97 Å². The largest absolute Gasteiger partial charge is 0.368 e. The number of hydrogen-bond donors (Lipinski definition) is 2. The standard InChI is InChI=1S/C13H19N5S/c1-3-7-18-12-9(11(14-4-2)17-13(18)19)15-10(16-12)8-5-6-8/h8H,3-7H2,1-2H3,(H,15,16)(H,14,17,19). The minimum atomic E-state index is 0.602. The molecule has 5 nitrogen and oxygen atoms in total. The highest BCUT2D eigenvalue weighted by molar-refractivity contribution is 7.71. The third kappa shape index (κ3) is 2.25. The molecule has 0 aliphatic heterocycles. The molecule has 2 aromatic heterocycles. The highest BCUT2D eigenvalue weighted by Crippen LogP contribution is 2.39. The van der Waals surface area contributed by atoms with Crippen LogP contribution in [0.5, 0.6) is 0 Å². The van der Waals surface area contributed by atoms with Crippen molar-refractivity contribution in [2.24, 2.45) is 0 Å². The third-order valence-corrected chi connectivity index (χ3v) is 3.70. The molecule has 19 heavy (non-hydrogen) atoms. The van der Waals surface area contributed by atoms with E-state index in [9.17, 15) is 0 Å². The molecule has 3 rings (SSSR count). The van der Waals surface area contributed by atoms with Gasteiger partial charge in [-0.1, -0.05) is 6.92 Å². The number of rotatable bonds is 5. The van der Waals surface area contributed by atoms with Crippen molar-refractivity contribution in [2.45, 2.75) is 45.6 Å². The Morgan fingerprint density at radius 1 is 1.37 bits per heavy atom. The quantitative estimate of drug-likeness (QED) is 0.824. The molecular weight excluding hydrogens is 258 g/mol. The van der Waals surface area contributed by atoms with E-state index in [1.54, 1.807) is 0 Å². The molecule has 2 heterocycles. The Kier molecular flexibility index (Phi) is 3.26. The van der Waals surface area contributed by atoms with Crippen LogP contribution in [0.15, 0.2) is 0 Å². The summed E-state index contributed by atoms with van der Waals surface area (Å²) in [4.78, 5) is 12.7. The number of aromatic nitrogens is 4. The molecule has 2 N–H and O–H groups in total. The van der Waals surface area contributed by atoms with E-state index >= 15 is 0 Å². The first kappa shape index (κ1) is 12.6. The summed E-state index contributed by atoms with van der Waals surface area (Å²) < 4.78 is 2.65. The maximum absolute atomic E-state index is 5.40. The summed E-state index contributed by atoms with van der Waals surface area (Å²) in [6.07, 6.45) is 3.49. The van der Waals surface area contributed by atoms with Crippen molar-refractivity contribution in [3.05, 3.63) is 10.6 Å². The SMILES string of the molecule is CCCn1c(=S)nc(NCC)c2[nH]c(C3CC3)nc21. The number of aromatic amines is 1. The van der Waals surface area contributed by atoms with Gasteiger partial charge < -0.3 is 10.3 Å². The van der Waals surface area contributed by atoms with Gasteiger partial charge in [0, 0.05) is 19.0 Å². The molecule has 0 saturated heterocycles. The van der Waals surface area contributed by atoms with Crippen LogP contribution in [0.2, 0.25) is 0 Å². The Morgan fingerprint density at radius 3 is 2.79 bits per heavy atom. The lowest BCUT2D eigenvalue weighted by Crippen LogP contribution is -2.08. The molecule has 0 spiro atoms. The van der Waals surface area contributed by atoms with E-state index in [0.717, 1.165) is 42.3 Å². The zero-order valence-corrected chi connectivity index (χ0v) is 12.2. The maximum atomic E-state index is 5.40. The van der Waals surface area contributed by atoms with Crippen molar-refractivity contribution in [3.63, 3.8) is 0 Å². The summed E-state index contributed by atoms with van der Waals surface area (Å²) in [5, 5.41) is 3.27. The number of H-pyrrole nitrogens is 1. The van der Waals surface area contributed by atoms with Gasteiger partial charge in [0.05, 0.1) is 0 Å². The summed E-state index contributed by atoms with van der Waals surface area (Å²) in [5.41, 5.74) is 1.94. The predicted molar refractivity (Wildman–Crippen MR) is 79.1 cm³/mol. The van der Waals surface area contributed by atoms with E-state index in [-0.39, 0.29) is 0 Å². The molecule has 102 valence electrons. The fraction of sp³-hybridized carbons (Fsp3) is 0.615. The van der Waals surface area contributed by atoms with Crippen molar-refractivity contribution >= 4 is 29.2 Å². The second-order valence-corrected chi connectivity index (χ2v) is 5.39. The lowest BCUT2D eigenvalue weighted by atomic mass is 10.4. The molecule has 2 aromatic rings. The van der Waals surface area contributed by atoms with Crippen LogP contribution in [-0.2, 0) is 6.54 Å². The first-order chi connectivity index (χ1) is 9.24. The van der Waals surface area contributed by atoms with Crippen molar-refractivity contribution < 1.29 is 0 Å². The van der Waals surface area contributed by atoms with Crippen LogP contribution in [0.4, 0.5) is 5.82 Å². The molecule has 0 amide bonds. The van der Waals surface area contributed by atoms with E-state index in [0.29, 0.717) is 10.7 Å². The summed E-state index contributed by atoms with van der Waals surface area (Å²) in [7, 11) is 0. The Balaban J connectivity index is 2.21. The van der Waals surface area contributed by atoms with Gasteiger partial charge in [0.2, 0.25) is 4.77 Å². The Morgan fingerprint density at radius 2 is 2.16 bits per heavy atom. The van der Waals surface area contributed by atoms with Gasteiger partial charge in [-0.05, 0) is 38.4 Å². The fourth-order valence-electron chi connectivity index (χ4n) is 2.32. The van der Waals surface area contributed by atoms with Gasteiger partial charge in [-0.15, -0.1) is 0 Å². The summed E-state index contributed by atoms with van der Waals surface area (Å²) in [6.45, 7) is 5.89. The van der Waals surface area contributed by atoms with Gasteiger partial charge >= 0.3 is 0 Å². The van der Waals surface area contributed by atoms with E-state index in [1.165, 1.54) is 12.8 Å². The maximum Gasteiger partial charge on any atom is 0.203 e. The van der Waals surface area contributed by atoms with Crippen LogP contribution in [0.25, 0.3) is 11.2 Å². The van der Waals surface area contributed by atoms with Gasteiger partial charge in [0.25, 0.3) is 0 Å². The molecule has 1 fully saturated rings. The minimum absolute atomic E-state index is 0.602. The Labute approximate surface area is 117 Å². The summed E-state index contributed by atoms with van der Waals surface area (Å²) >= 11 is 5.40. The zero-order valence-electron chi connectivity index (χ0n) is 11.4. The number of imidazole rings is 1. The molecule has 0 unspecified atom stereocenters. The normalized spacial score (nSPS) is 15.1. The van der Waals surface area contributed by atoms with Gasteiger partial charge in [0.1, 0.15) is 11.3 Å². The molecule has 0 aromatic carbocycles. The molecule has 6 heteroatoms. The van der Waals surface area contributed by atoms with E-state index < -0.39 is 0 Å². The molecule has 0 bridgehead atoms. The molecule has 1 saturated carbocycles. The van der Waals surface area contributed by atoms with Crippen molar-refractivity contribution in [3.8, 4) is 0 Å². The predicted octanol–water partition coefficient (Wildman–Crippen LogP) is 3.21. The minimum Gasteiger partial charge on any atom is -0.368 e. The second kappa shape index (κ2) is 4.92. The van der Waals surface area contributed by atoms with Crippen LogP contribution in [-0.4, -0.2) is 26.1 Å². The van der Waals surface area contributed by atoms with Crippen LogP contribution in [0.1, 0.15) is 44.9 Å². The van der Waals surface area contributed by atoms with Crippen molar-refractivity contribution in [1.29, 1.82) is 0 Å². The van der Waals surface area contributed by atoms with Crippen LogP contribution in [0, 0.1) is 4.77 Å². The average Bonchev–Trinajstić information content (AvgIpc) is 3.14. The number of fused-ring (bicyclic) bond motifs is 1. The average molecular weight is 277 g/mol. The summed E-state index contributed by atoms with van der Waals surface area (Å²) in [6, 6.07) is 0. The number of nitrogens with one attached hydrogen (secondary N) is 2. The fourth-order valence-corrected chi connectivity index (χ4v) is 2.58. The first-order valence-electron chi connectivity index (χ1n) is 6.98.